The van der Waals surface area contributed by atoms with E-state index in [0.717, 1.165) is 0 Å². The fourth-order valence-electron chi connectivity index (χ4n) is 1.91. The van der Waals surface area contributed by atoms with E-state index in [-0.39, 0.29) is 4.90 Å². The van der Waals surface area contributed by atoms with Crippen LogP contribution in [0, 0.1) is 0 Å². The van der Waals surface area contributed by atoms with E-state index in [0.29, 0.717) is 16.0 Å². The van der Waals surface area contributed by atoms with E-state index in [9.17, 15) is 13.5 Å². The highest BCUT2D eigenvalue weighted by molar-refractivity contribution is 7.95. The zero-order valence-corrected chi connectivity index (χ0v) is 10.3. The van der Waals surface area contributed by atoms with Gasteiger partial charge in [-0.3, -0.25) is 0 Å². The quantitative estimate of drug-likeness (QED) is 0.814. The molecule has 1 aliphatic heterocycles. The molecule has 16 heavy (non-hydrogen) atoms. The van der Waals surface area contributed by atoms with Crippen molar-refractivity contribution in [3.63, 3.8) is 0 Å². The van der Waals surface area contributed by atoms with Crippen LogP contribution in [0.25, 0.3) is 6.08 Å². The second-order valence-electron chi connectivity index (χ2n) is 4.54. The van der Waals surface area contributed by atoms with Gasteiger partial charge in [-0.25, -0.2) is 8.42 Å². The number of benzene rings is 1. The Morgan fingerprint density at radius 3 is 2.44 bits per heavy atom. The van der Waals surface area contributed by atoms with Gasteiger partial charge in [0.05, 0.1) is 10.5 Å². The van der Waals surface area contributed by atoms with E-state index in [4.69, 9.17) is 0 Å². The van der Waals surface area contributed by atoms with Gasteiger partial charge in [-0.1, -0.05) is 18.2 Å². The average molecular weight is 238 g/mol. The fraction of sp³-hybridized carbons (Fsp3) is 0.333. The largest absolute Gasteiger partial charge is 0.386 e. The highest BCUT2D eigenvalue weighted by Gasteiger charge is 2.33. The predicted octanol–water partition coefficient (Wildman–Crippen LogP) is 2.06. The number of aliphatic hydroxyl groups is 1. The number of hydrogen-bond acceptors (Lipinski definition) is 3. The molecule has 2 rings (SSSR count). The van der Waals surface area contributed by atoms with Crippen LogP contribution in [0.1, 0.15) is 31.9 Å². The van der Waals surface area contributed by atoms with Crippen LogP contribution in [0.4, 0.5) is 0 Å². The molecule has 0 aromatic heterocycles. The van der Waals surface area contributed by atoms with Gasteiger partial charge >= 0.3 is 0 Å². The van der Waals surface area contributed by atoms with Gasteiger partial charge < -0.3 is 5.11 Å². The van der Waals surface area contributed by atoms with Crippen LogP contribution in [0.15, 0.2) is 28.0 Å². The lowest BCUT2D eigenvalue weighted by molar-refractivity contribution is 0.0755. The molecule has 86 valence electrons. The highest BCUT2D eigenvalue weighted by Crippen LogP contribution is 2.38. The Morgan fingerprint density at radius 1 is 1.25 bits per heavy atom. The van der Waals surface area contributed by atoms with Gasteiger partial charge in [0, 0.05) is 10.5 Å². The third kappa shape index (κ3) is 1.49. The molecule has 0 atom stereocenters. The van der Waals surface area contributed by atoms with Gasteiger partial charge in [-0.2, -0.15) is 0 Å². The number of sulfone groups is 1. The van der Waals surface area contributed by atoms with Gasteiger partial charge in [0.1, 0.15) is 0 Å². The molecule has 1 heterocycles. The molecule has 4 heteroatoms. The van der Waals surface area contributed by atoms with Gasteiger partial charge in [0.25, 0.3) is 0 Å². The van der Waals surface area contributed by atoms with E-state index in [1.54, 1.807) is 45.0 Å². The Hall–Kier alpha value is -1.13. The summed E-state index contributed by atoms with van der Waals surface area (Å²) in [5.41, 5.74) is -0.0353. The van der Waals surface area contributed by atoms with E-state index < -0.39 is 15.4 Å². The van der Waals surface area contributed by atoms with Crippen LogP contribution in [-0.4, -0.2) is 13.5 Å². The van der Waals surface area contributed by atoms with Crippen molar-refractivity contribution in [2.45, 2.75) is 31.3 Å². The standard InChI is InChI=1S/C12H14O3S/c1-8-7-9-5-4-6-10(12(2,3)13)11(9)16(8,14)15/h4-7,13H,1-3H3. The van der Waals surface area contributed by atoms with Gasteiger partial charge in [0.2, 0.25) is 9.84 Å². The van der Waals surface area contributed by atoms with Crippen LogP contribution in [0.3, 0.4) is 0 Å². The molecule has 0 aliphatic carbocycles. The summed E-state index contributed by atoms with van der Waals surface area (Å²) in [4.78, 5) is 0.583. The minimum atomic E-state index is -3.40. The molecule has 0 fully saturated rings. The molecular formula is C12H14O3S. The number of fused-ring (bicyclic) bond motifs is 1. The topological polar surface area (TPSA) is 54.4 Å². The fourth-order valence-corrected chi connectivity index (χ4v) is 3.56. The highest BCUT2D eigenvalue weighted by atomic mass is 32.2. The summed E-state index contributed by atoms with van der Waals surface area (Å²) in [5.74, 6) is 0. The first kappa shape index (κ1) is 11.4. The molecule has 0 unspecified atom stereocenters. The van der Waals surface area contributed by atoms with Crippen molar-refractivity contribution < 1.29 is 13.5 Å². The molecule has 1 N–H and O–H groups in total. The second kappa shape index (κ2) is 3.18. The molecule has 1 aromatic rings. The lowest BCUT2D eigenvalue weighted by Crippen LogP contribution is -2.19. The zero-order chi connectivity index (χ0) is 12.1. The third-order valence-electron chi connectivity index (χ3n) is 2.76. The first-order chi connectivity index (χ1) is 7.24. The maximum absolute atomic E-state index is 12.1. The molecule has 0 amide bonds. The molecule has 0 bridgehead atoms. The molecule has 3 nitrogen and oxygen atoms in total. The summed E-state index contributed by atoms with van der Waals surface area (Å²) in [5, 5.41) is 9.98. The molecule has 1 aromatic carbocycles. The second-order valence-corrected chi connectivity index (χ2v) is 6.60. The lowest BCUT2D eigenvalue weighted by atomic mass is 9.96. The van der Waals surface area contributed by atoms with Gasteiger partial charge in [-0.15, -0.1) is 0 Å². The number of hydrogen-bond donors (Lipinski definition) is 1. The third-order valence-corrected chi connectivity index (χ3v) is 4.71. The smallest absolute Gasteiger partial charge is 0.203 e. The monoisotopic (exact) mass is 238 g/mol. The Bertz CT molecular complexity index is 575. The Balaban J connectivity index is 2.82. The summed E-state index contributed by atoms with van der Waals surface area (Å²) >= 11 is 0. The first-order valence-electron chi connectivity index (χ1n) is 5.04. The molecule has 0 spiro atoms. The normalized spacial score (nSPS) is 18.1. The van der Waals surface area contributed by atoms with Crippen molar-refractivity contribution in [1.82, 2.24) is 0 Å². The molecule has 0 saturated carbocycles. The molecule has 0 saturated heterocycles. The van der Waals surface area contributed by atoms with Crippen molar-refractivity contribution in [1.29, 1.82) is 0 Å². The molecular weight excluding hydrogens is 224 g/mol. The van der Waals surface area contributed by atoms with E-state index >= 15 is 0 Å². The average Bonchev–Trinajstić information content (AvgIpc) is 2.37. The Labute approximate surface area is 95.3 Å². The number of rotatable bonds is 1. The summed E-state index contributed by atoms with van der Waals surface area (Å²) in [6.45, 7) is 4.75. The van der Waals surface area contributed by atoms with E-state index in [2.05, 4.69) is 0 Å². The van der Waals surface area contributed by atoms with Crippen molar-refractivity contribution in [3.05, 3.63) is 34.2 Å². The van der Waals surface area contributed by atoms with Crippen molar-refractivity contribution >= 4 is 15.9 Å². The SMILES string of the molecule is CC1=Cc2cccc(C(C)(C)O)c2S1(=O)=O. The Morgan fingerprint density at radius 2 is 1.88 bits per heavy atom. The van der Waals surface area contributed by atoms with Crippen LogP contribution < -0.4 is 0 Å². The van der Waals surface area contributed by atoms with Crippen molar-refractivity contribution in [2.75, 3.05) is 0 Å². The van der Waals surface area contributed by atoms with Gasteiger partial charge in [-0.05, 0) is 32.4 Å². The summed E-state index contributed by atoms with van der Waals surface area (Å²) < 4.78 is 24.1. The summed E-state index contributed by atoms with van der Waals surface area (Å²) in [7, 11) is -3.40. The maximum Gasteiger partial charge on any atom is 0.203 e. The van der Waals surface area contributed by atoms with E-state index in [1.165, 1.54) is 0 Å². The van der Waals surface area contributed by atoms with Crippen LogP contribution >= 0.6 is 0 Å². The van der Waals surface area contributed by atoms with Crippen molar-refractivity contribution in [3.8, 4) is 0 Å². The zero-order valence-electron chi connectivity index (χ0n) is 9.48. The molecule has 1 aliphatic rings. The lowest BCUT2D eigenvalue weighted by Gasteiger charge is -2.21. The summed E-state index contributed by atoms with van der Waals surface area (Å²) in [6, 6.07) is 5.16. The van der Waals surface area contributed by atoms with Crippen LogP contribution in [-0.2, 0) is 15.4 Å². The predicted molar refractivity (Wildman–Crippen MR) is 62.5 cm³/mol. The van der Waals surface area contributed by atoms with Crippen LogP contribution in [0.5, 0.6) is 0 Å². The Kier molecular flexibility index (Phi) is 2.26. The van der Waals surface area contributed by atoms with Gasteiger partial charge in [0.15, 0.2) is 0 Å². The molecule has 0 radical (unpaired) electrons. The van der Waals surface area contributed by atoms with Crippen molar-refractivity contribution in [2.24, 2.45) is 0 Å². The van der Waals surface area contributed by atoms with E-state index in [1.807, 2.05) is 0 Å². The maximum atomic E-state index is 12.1. The minimum absolute atomic E-state index is 0.250. The summed E-state index contributed by atoms with van der Waals surface area (Å²) in [6.07, 6.45) is 1.64. The first-order valence-corrected chi connectivity index (χ1v) is 6.52. The van der Waals surface area contributed by atoms with Crippen LogP contribution in [0.2, 0.25) is 0 Å². The minimum Gasteiger partial charge on any atom is -0.386 e. The number of allylic oxidation sites excluding steroid dienone is 1.